The first kappa shape index (κ1) is 15.4. The van der Waals surface area contributed by atoms with Gasteiger partial charge in [0.15, 0.2) is 0 Å². The molecule has 0 amide bonds. The van der Waals surface area contributed by atoms with Crippen LogP contribution in [-0.4, -0.2) is 12.6 Å². The summed E-state index contributed by atoms with van der Waals surface area (Å²) in [6.45, 7) is 8.18. The Morgan fingerprint density at radius 2 is 1.74 bits per heavy atom. The summed E-state index contributed by atoms with van der Waals surface area (Å²) in [5.41, 5.74) is 0. The van der Waals surface area contributed by atoms with Crippen molar-refractivity contribution in [3.8, 4) is 0 Å². The van der Waals surface area contributed by atoms with E-state index in [1.165, 1.54) is 57.8 Å². The van der Waals surface area contributed by atoms with Crippen LogP contribution in [0.25, 0.3) is 0 Å². The van der Waals surface area contributed by atoms with Gasteiger partial charge >= 0.3 is 0 Å². The van der Waals surface area contributed by atoms with Gasteiger partial charge in [0.2, 0.25) is 0 Å². The highest BCUT2D eigenvalue weighted by Crippen LogP contribution is 2.44. The third kappa shape index (κ3) is 4.21. The lowest BCUT2D eigenvalue weighted by Crippen LogP contribution is -2.41. The summed E-state index contributed by atoms with van der Waals surface area (Å²) in [5.74, 6) is 4.02. The highest BCUT2D eigenvalue weighted by molar-refractivity contribution is 4.88. The monoisotopic (exact) mass is 265 g/mol. The molecule has 1 N–H and O–H groups in total. The molecule has 2 saturated carbocycles. The number of nitrogens with one attached hydrogen (secondary N) is 1. The second kappa shape index (κ2) is 7.67. The quantitative estimate of drug-likeness (QED) is 0.712. The van der Waals surface area contributed by atoms with Crippen LogP contribution >= 0.6 is 0 Å². The van der Waals surface area contributed by atoms with Crippen LogP contribution in [-0.2, 0) is 0 Å². The van der Waals surface area contributed by atoms with E-state index in [9.17, 15) is 0 Å². The highest BCUT2D eigenvalue weighted by Gasteiger charge is 2.35. The topological polar surface area (TPSA) is 12.0 Å². The minimum absolute atomic E-state index is 0.794. The van der Waals surface area contributed by atoms with Crippen LogP contribution in [0.15, 0.2) is 0 Å². The molecule has 0 spiro atoms. The summed E-state index contributed by atoms with van der Waals surface area (Å²) in [5, 5.41) is 3.81. The predicted octanol–water partition coefficient (Wildman–Crippen LogP) is 5.01. The minimum Gasteiger partial charge on any atom is -0.314 e. The standard InChI is InChI=1S/C18H35N/c1-4-14(3)12-18(19-5-2)17-11-10-15-8-6-7-9-16(15)13-17/h14-19H,4-13H2,1-3H3. The van der Waals surface area contributed by atoms with Gasteiger partial charge in [0.25, 0.3) is 0 Å². The molecule has 0 aliphatic heterocycles. The molecule has 0 saturated heterocycles. The van der Waals surface area contributed by atoms with Gasteiger partial charge in [-0.05, 0) is 55.9 Å². The van der Waals surface area contributed by atoms with Gasteiger partial charge < -0.3 is 5.32 Å². The zero-order valence-electron chi connectivity index (χ0n) is 13.5. The van der Waals surface area contributed by atoms with Crippen molar-refractivity contribution in [3.05, 3.63) is 0 Å². The van der Waals surface area contributed by atoms with Crippen LogP contribution in [0.3, 0.4) is 0 Å². The van der Waals surface area contributed by atoms with Gasteiger partial charge in [-0.15, -0.1) is 0 Å². The molecule has 0 aromatic carbocycles. The number of rotatable bonds is 6. The van der Waals surface area contributed by atoms with Crippen LogP contribution in [0.1, 0.15) is 78.6 Å². The molecule has 2 aliphatic carbocycles. The molecule has 1 nitrogen and oxygen atoms in total. The van der Waals surface area contributed by atoms with Crippen molar-refractivity contribution in [2.75, 3.05) is 6.54 Å². The fraction of sp³-hybridized carbons (Fsp3) is 1.00. The molecule has 2 aliphatic rings. The van der Waals surface area contributed by atoms with Gasteiger partial charge in [-0.2, -0.15) is 0 Å². The second-order valence-corrected chi connectivity index (χ2v) is 7.29. The number of hydrogen-bond acceptors (Lipinski definition) is 1. The molecule has 0 heterocycles. The lowest BCUT2D eigenvalue weighted by molar-refractivity contribution is 0.103. The summed E-state index contributed by atoms with van der Waals surface area (Å²) in [7, 11) is 0. The molecule has 0 aromatic rings. The Kier molecular flexibility index (Phi) is 6.19. The molecule has 0 radical (unpaired) electrons. The Morgan fingerprint density at radius 1 is 1.00 bits per heavy atom. The fourth-order valence-corrected chi connectivity index (χ4v) is 4.58. The first-order valence-electron chi connectivity index (χ1n) is 8.97. The molecule has 5 atom stereocenters. The largest absolute Gasteiger partial charge is 0.314 e. The van der Waals surface area contributed by atoms with Crippen molar-refractivity contribution in [1.82, 2.24) is 5.32 Å². The van der Waals surface area contributed by atoms with Gasteiger partial charge in [-0.25, -0.2) is 0 Å². The van der Waals surface area contributed by atoms with E-state index in [2.05, 4.69) is 26.1 Å². The summed E-state index contributed by atoms with van der Waals surface area (Å²) < 4.78 is 0. The SMILES string of the molecule is CCNC(CC(C)CC)C1CCC2CCCCC2C1. The Bertz CT molecular complexity index is 250. The highest BCUT2D eigenvalue weighted by atomic mass is 14.9. The van der Waals surface area contributed by atoms with E-state index in [1.807, 2.05) is 0 Å². The van der Waals surface area contributed by atoms with Crippen molar-refractivity contribution in [1.29, 1.82) is 0 Å². The third-order valence-corrected chi connectivity index (χ3v) is 5.97. The Balaban J connectivity index is 1.90. The summed E-state index contributed by atoms with van der Waals surface area (Å²) >= 11 is 0. The van der Waals surface area contributed by atoms with Gasteiger partial charge in [0, 0.05) is 6.04 Å². The molecule has 2 fully saturated rings. The maximum absolute atomic E-state index is 3.81. The first-order valence-corrected chi connectivity index (χ1v) is 8.97. The molecular weight excluding hydrogens is 230 g/mol. The Morgan fingerprint density at radius 3 is 2.42 bits per heavy atom. The smallest absolute Gasteiger partial charge is 0.00978 e. The van der Waals surface area contributed by atoms with Gasteiger partial charge in [0.05, 0.1) is 0 Å². The van der Waals surface area contributed by atoms with Crippen molar-refractivity contribution in [2.45, 2.75) is 84.6 Å². The number of hydrogen-bond donors (Lipinski definition) is 1. The van der Waals surface area contributed by atoms with Crippen molar-refractivity contribution >= 4 is 0 Å². The summed E-state index contributed by atoms with van der Waals surface area (Å²) in [6, 6.07) is 0.794. The summed E-state index contributed by atoms with van der Waals surface area (Å²) in [4.78, 5) is 0. The van der Waals surface area contributed by atoms with E-state index in [0.717, 1.165) is 36.3 Å². The second-order valence-electron chi connectivity index (χ2n) is 7.29. The Hall–Kier alpha value is -0.0400. The lowest BCUT2D eigenvalue weighted by atomic mass is 9.65. The fourth-order valence-electron chi connectivity index (χ4n) is 4.58. The average molecular weight is 265 g/mol. The van der Waals surface area contributed by atoms with Crippen LogP contribution in [0, 0.1) is 23.7 Å². The van der Waals surface area contributed by atoms with Crippen LogP contribution in [0.2, 0.25) is 0 Å². The zero-order valence-corrected chi connectivity index (χ0v) is 13.5. The van der Waals surface area contributed by atoms with Gasteiger partial charge in [-0.1, -0.05) is 52.9 Å². The van der Waals surface area contributed by atoms with E-state index in [4.69, 9.17) is 0 Å². The van der Waals surface area contributed by atoms with E-state index in [1.54, 1.807) is 0 Å². The van der Waals surface area contributed by atoms with Gasteiger partial charge in [0.1, 0.15) is 0 Å². The van der Waals surface area contributed by atoms with E-state index in [0.29, 0.717) is 0 Å². The zero-order chi connectivity index (χ0) is 13.7. The number of fused-ring (bicyclic) bond motifs is 1. The van der Waals surface area contributed by atoms with E-state index < -0.39 is 0 Å². The molecule has 0 aromatic heterocycles. The van der Waals surface area contributed by atoms with Crippen molar-refractivity contribution in [2.24, 2.45) is 23.7 Å². The van der Waals surface area contributed by atoms with E-state index >= 15 is 0 Å². The molecular formula is C18H35N. The van der Waals surface area contributed by atoms with Crippen LogP contribution in [0.5, 0.6) is 0 Å². The molecule has 1 heteroatoms. The van der Waals surface area contributed by atoms with Crippen molar-refractivity contribution < 1.29 is 0 Å². The maximum atomic E-state index is 3.81. The maximum Gasteiger partial charge on any atom is 0.00978 e. The Labute approximate surface area is 120 Å². The summed E-state index contributed by atoms with van der Waals surface area (Å²) in [6.07, 6.45) is 13.4. The van der Waals surface area contributed by atoms with Crippen LogP contribution in [0.4, 0.5) is 0 Å². The first-order chi connectivity index (χ1) is 9.24. The molecule has 0 bridgehead atoms. The minimum atomic E-state index is 0.794. The molecule has 112 valence electrons. The lowest BCUT2D eigenvalue weighted by Gasteiger charge is -2.42. The van der Waals surface area contributed by atoms with Crippen molar-refractivity contribution in [3.63, 3.8) is 0 Å². The third-order valence-electron chi connectivity index (χ3n) is 5.97. The van der Waals surface area contributed by atoms with Gasteiger partial charge in [-0.3, -0.25) is 0 Å². The predicted molar refractivity (Wildman–Crippen MR) is 84.3 cm³/mol. The molecule has 5 unspecified atom stereocenters. The normalized spacial score (nSPS) is 34.6. The molecule has 19 heavy (non-hydrogen) atoms. The van der Waals surface area contributed by atoms with E-state index in [-0.39, 0.29) is 0 Å². The van der Waals surface area contributed by atoms with Crippen LogP contribution < -0.4 is 5.32 Å². The average Bonchev–Trinajstić information content (AvgIpc) is 2.46. The molecule has 2 rings (SSSR count).